The van der Waals surface area contributed by atoms with Crippen molar-refractivity contribution in [3.63, 3.8) is 0 Å². The highest BCUT2D eigenvalue weighted by atomic mass is 32.2. The first-order chi connectivity index (χ1) is 12.8. The van der Waals surface area contributed by atoms with E-state index in [0.29, 0.717) is 0 Å². The fourth-order valence-electron chi connectivity index (χ4n) is 3.14. The van der Waals surface area contributed by atoms with E-state index in [-0.39, 0.29) is 11.2 Å². The van der Waals surface area contributed by atoms with Crippen molar-refractivity contribution < 1.29 is 44.8 Å². The number of aliphatic hydroxyl groups excluding tert-OH is 6. The fourth-order valence-corrected chi connectivity index (χ4v) is 5.71. The predicted octanol–water partition coefficient (Wildman–Crippen LogP) is -1.88. The van der Waals surface area contributed by atoms with Crippen molar-refractivity contribution in [1.29, 1.82) is 0 Å². The van der Waals surface area contributed by atoms with Gasteiger partial charge in [0.1, 0.15) is 48.8 Å². The summed E-state index contributed by atoms with van der Waals surface area (Å²) >= 11 is 3.12. The number of hydrogen-bond acceptors (Lipinski definition) is 11. The molecule has 0 aromatic rings. The van der Waals surface area contributed by atoms with Crippen molar-refractivity contribution in [3.05, 3.63) is 0 Å². The molecule has 2 rings (SSSR count). The maximum atomic E-state index is 10.8. The van der Waals surface area contributed by atoms with Crippen LogP contribution in [0.5, 0.6) is 0 Å². The summed E-state index contributed by atoms with van der Waals surface area (Å²) in [6, 6.07) is 0. The van der Waals surface area contributed by atoms with Crippen LogP contribution in [-0.4, -0.2) is 115 Å². The van der Waals surface area contributed by atoms with Crippen LogP contribution in [0.25, 0.3) is 0 Å². The minimum Gasteiger partial charge on any atom is -0.394 e. The Hall–Kier alpha value is 0.340. The van der Waals surface area contributed by atoms with Crippen molar-refractivity contribution in [3.8, 4) is 0 Å². The van der Waals surface area contributed by atoms with Crippen LogP contribution in [0.1, 0.15) is 13.8 Å². The van der Waals surface area contributed by atoms with Crippen LogP contribution in [0.3, 0.4) is 0 Å². The highest BCUT2D eigenvalue weighted by Crippen LogP contribution is 2.34. The van der Waals surface area contributed by atoms with Gasteiger partial charge in [-0.15, -0.1) is 23.5 Å². The summed E-state index contributed by atoms with van der Waals surface area (Å²) < 4.78 is 16.4. The van der Waals surface area contributed by atoms with E-state index in [1.807, 2.05) is 13.8 Å². The Morgan fingerprint density at radius 2 is 1.67 bits per heavy atom. The average Bonchev–Trinajstić information content (AvgIpc) is 3.01. The molecule has 160 valence electrons. The van der Waals surface area contributed by atoms with Crippen molar-refractivity contribution in [2.75, 3.05) is 24.7 Å². The van der Waals surface area contributed by atoms with E-state index in [1.54, 1.807) is 23.5 Å². The van der Waals surface area contributed by atoms with E-state index in [9.17, 15) is 30.6 Å². The normalized spacial score (nSPS) is 41.2. The van der Waals surface area contributed by atoms with Crippen molar-refractivity contribution in [1.82, 2.24) is 0 Å². The van der Waals surface area contributed by atoms with Crippen molar-refractivity contribution in [2.24, 2.45) is 0 Å². The molecular weight excluding hydrogens is 400 g/mol. The zero-order chi connectivity index (χ0) is 20.1. The van der Waals surface area contributed by atoms with E-state index in [4.69, 9.17) is 14.2 Å². The highest BCUT2D eigenvalue weighted by Gasteiger charge is 2.50. The van der Waals surface area contributed by atoms with E-state index in [1.165, 1.54) is 0 Å². The van der Waals surface area contributed by atoms with Crippen LogP contribution >= 0.6 is 23.5 Å². The lowest BCUT2D eigenvalue weighted by molar-refractivity contribution is -0.319. The summed E-state index contributed by atoms with van der Waals surface area (Å²) in [6.45, 7) is 3.33. The van der Waals surface area contributed by atoms with Gasteiger partial charge in [0.2, 0.25) is 0 Å². The van der Waals surface area contributed by atoms with Gasteiger partial charge in [0.05, 0.1) is 17.8 Å². The molecule has 0 unspecified atom stereocenters. The number of hydrogen-bond donors (Lipinski definition) is 6. The third-order valence-corrected chi connectivity index (χ3v) is 7.28. The van der Waals surface area contributed by atoms with Gasteiger partial charge in [0.25, 0.3) is 0 Å². The molecule has 2 aliphatic heterocycles. The predicted molar refractivity (Wildman–Crippen MR) is 100 cm³/mol. The van der Waals surface area contributed by atoms with Gasteiger partial charge in [-0.2, -0.15) is 0 Å². The third-order valence-electron chi connectivity index (χ3n) is 4.58. The molecule has 0 aromatic carbocycles. The molecule has 0 saturated carbocycles. The smallest absolute Gasteiger partial charge is 0.187 e. The summed E-state index contributed by atoms with van der Waals surface area (Å²) in [5.41, 5.74) is 0. The minimum absolute atomic E-state index is 0.0515. The zero-order valence-electron chi connectivity index (χ0n) is 15.3. The SMILES string of the molecule is CCSC(SCC)[C@@H](O)[C@@H]1OC[C@H](O)[C@H]1O[C@@H]1O[C@H](CO)[C@H](O)[C@H](O)[C@H]1O. The van der Waals surface area contributed by atoms with Gasteiger partial charge in [-0.05, 0) is 11.5 Å². The molecule has 27 heavy (non-hydrogen) atoms. The monoisotopic (exact) mass is 430 g/mol. The number of aliphatic hydroxyl groups is 6. The first-order valence-electron chi connectivity index (χ1n) is 9.02. The molecule has 0 amide bonds. The van der Waals surface area contributed by atoms with Gasteiger partial charge in [0, 0.05) is 0 Å². The van der Waals surface area contributed by atoms with E-state index < -0.39 is 61.7 Å². The number of thioether (sulfide) groups is 2. The molecule has 0 aliphatic carbocycles. The quantitative estimate of drug-likeness (QED) is 0.228. The molecule has 2 heterocycles. The average molecular weight is 431 g/mol. The molecule has 0 aromatic heterocycles. The first kappa shape index (κ1) is 23.6. The van der Waals surface area contributed by atoms with Crippen molar-refractivity contribution in [2.45, 2.75) is 73.6 Å². The highest BCUT2D eigenvalue weighted by molar-refractivity contribution is 8.17. The molecule has 0 radical (unpaired) electrons. The summed E-state index contributed by atoms with van der Waals surface area (Å²) in [7, 11) is 0. The zero-order valence-corrected chi connectivity index (χ0v) is 17.0. The minimum atomic E-state index is -1.58. The first-order valence-corrected chi connectivity index (χ1v) is 11.1. The number of rotatable bonds is 9. The lowest BCUT2D eigenvalue weighted by Crippen LogP contribution is -2.61. The molecule has 2 aliphatic rings. The molecule has 9 atom stereocenters. The van der Waals surface area contributed by atoms with Crippen LogP contribution in [0.15, 0.2) is 0 Å². The van der Waals surface area contributed by atoms with Gasteiger partial charge >= 0.3 is 0 Å². The summed E-state index contributed by atoms with van der Waals surface area (Å²) in [4.78, 5) is 0. The Morgan fingerprint density at radius 3 is 2.22 bits per heavy atom. The van der Waals surface area contributed by atoms with Crippen LogP contribution in [-0.2, 0) is 14.2 Å². The molecule has 11 heteroatoms. The third kappa shape index (κ3) is 5.48. The molecule has 2 saturated heterocycles. The largest absolute Gasteiger partial charge is 0.394 e. The molecule has 2 fully saturated rings. The molecular formula is C16H30O9S2. The maximum Gasteiger partial charge on any atom is 0.187 e. The van der Waals surface area contributed by atoms with Crippen LogP contribution in [0.2, 0.25) is 0 Å². The lowest BCUT2D eigenvalue weighted by atomic mass is 9.99. The van der Waals surface area contributed by atoms with Gasteiger partial charge in [-0.1, -0.05) is 13.8 Å². The second-order valence-electron chi connectivity index (χ2n) is 6.43. The van der Waals surface area contributed by atoms with Gasteiger partial charge in [-0.3, -0.25) is 0 Å². The summed E-state index contributed by atoms with van der Waals surface area (Å²) in [6.07, 6.45) is -11.0. The second-order valence-corrected chi connectivity index (χ2v) is 9.57. The topological polar surface area (TPSA) is 149 Å². The Bertz CT molecular complexity index is 438. The van der Waals surface area contributed by atoms with E-state index in [0.717, 1.165) is 11.5 Å². The molecule has 9 nitrogen and oxygen atoms in total. The Balaban J connectivity index is 2.10. The number of ether oxygens (including phenoxy) is 3. The van der Waals surface area contributed by atoms with E-state index >= 15 is 0 Å². The summed E-state index contributed by atoms with van der Waals surface area (Å²) in [5, 5.41) is 60.1. The molecule has 0 bridgehead atoms. The van der Waals surface area contributed by atoms with Gasteiger partial charge < -0.3 is 44.8 Å². The van der Waals surface area contributed by atoms with Gasteiger partial charge in [-0.25, -0.2) is 0 Å². The molecule has 0 spiro atoms. The Morgan fingerprint density at radius 1 is 1.04 bits per heavy atom. The maximum absolute atomic E-state index is 10.8. The standard InChI is InChI=1S/C16H30O9S2/c1-3-26-16(27-4-2)12(22)14-13(7(18)6-23-14)25-15-11(21)10(20)9(19)8(5-17)24-15/h7-22H,3-6H2,1-2H3/t7-,8+,9-,10-,11+,12-,13+,14-,15-/m0/s1. The molecule has 6 N–H and O–H groups in total. The van der Waals surface area contributed by atoms with Crippen LogP contribution in [0.4, 0.5) is 0 Å². The van der Waals surface area contributed by atoms with Gasteiger partial charge in [0.15, 0.2) is 6.29 Å². The Kier molecular flexibility index (Phi) is 9.56. The second kappa shape index (κ2) is 10.9. The van der Waals surface area contributed by atoms with Crippen molar-refractivity contribution >= 4 is 23.5 Å². The van der Waals surface area contributed by atoms with Crippen LogP contribution in [0, 0.1) is 0 Å². The van der Waals surface area contributed by atoms with E-state index in [2.05, 4.69) is 0 Å². The summed E-state index contributed by atoms with van der Waals surface area (Å²) in [5.74, 6) is 1.59. The van der Waals surface area contributed by atoms with Crippen LogP contribution < -0.4 is 0 Å². The Labute approximate surface area is 167 Å². The fraction of sp³-hybridized carbons (Fsp3) is 1.00. The lowest BCUT2D eigenvalue weighted by Gasteiger charge is -2.41.